The molecule has 0 saturated carbocycles. The van der Waals surface area contributed by atoms with Crippen molar-refractivity contribution in [2.24, 2.45) is 0 Å². The van der Waals surface area contributed by atoms with E-state index in [-0.39, 0.29) is 24.8 Å². The van der Waals surface area contributed by atoms with Gasteiger partial charge in [0.05, 0.1) is 0 Å². The Bertz CT molecular complexity index is 1750. The molecule has 0 unspecified atom stereocenters. The van der Waals surface area contributed by atoms with Gasteiger partial charge in [-0.3, -0.25) is 6.08 Å². The predicted octanol–water partition coefficient (Wildman–Crippen LogP) is 4.51. The number of benzene rings is 6. The second-order valence-electron chi connectivity index (χ2n) is 10.7. The number of hydrogen-bond donors (Lipinski definition) is 0. The van der Waals surface area contributed by atoms with Gasteiger partial charge < -0.3 is 24.8 Å². The average molecular weight is 711 g/mol. The van der Waals surface area contributed by atoms with Crippen LogP contribution in [0, 0.1) is 12.1 Å². The van der Waals surface area contributed by atoms with Crippen molar-refractivity contribution in [3.05, 3.63) is 204 Å². The van der Waals surface area contributed by atoms with E-state index in [2.05, 4.69) is 164 Å². The van der Waals surface area contributed by atoms with E-state index in [1.807, 2.05) is 18.2 Å². The van der Waals surface area contributed by atoms with Crippen LogP contribution in [0.5, 0.6) is 0 Å². The topological polar surface area (TPSA) is 0 Å². The summed E-state index contributed by atoms with van der Waals surface area (Å²) in [4.78, 5) is 0. The molecule has 46 heavy (non-hydrogen) atoms. The van der Waals surface area contributed by atoms with Crippen LogP contribution < -0.4 is 24.8 Å². The minimum absolute atomic E-state index is 0. The molecule has 0 nitrogen and oxygen atoms in total. The molecule has 0 aliphatic heterocycles. The largest absolute Gasteiger partial charge is 0.179 e. The molecule has 0 bridgehead atoms. The van der Waals surface area contributed by atoms with Gasteiger partial charge >= 0.3 is 170 Å². The van der Waals surface area contributed by atoms with Gasteiger partial charge in [0.25, 0.3) is 0 Å². The van der Waals surface area contributed by atoms with E-state index in [1.165, 1.54) is 83.1 Å². The third kappa shape index (κ3) is 8.89. The molecule has 8 rings (SSSR count). The third-order valence-electron chi connectivity index (χ3n) is 7.76. The fourth-order valence-electron chi connectivity index (χ4n) is 5.42. The van der Waals surface area contributed by atoms with E-state index in [1.54, 1.807) is 0 Å². The normalized spacial score (nSPS) is 11.3. The van der Waals surface area contributed by atoms with Gasteiger partial charge in [0, 0.05) is 0 Å². The zero-order valence-electron chi connectivity index (χ0n) is 25.3. The van der Waals surface area contributed by atoms with Crippen molar-refractivity contribution in [3.63, 3.8) is 0 Å². The Morgan fingerprint density at radius 2 is 1.02 bits per heavy atom. The predicted molar refractivity (Wildman–Crippen MR) is 182 cm³/mol. The number of allylic oxidation sites excluding steroid dienone is 4. The minimum atomic E-state index is 0. The maximum absolute atomic E-state index is 3.30. The van der Waals surface area contributed by atoms with E-state index < -0.39 is 0 Å². The molecule has 0 heterocycles. The molecule has 0 aromatic heterocycles. The second-order valence-corrected chi connectivity index (χ2v) is 11.9. The summed E-state index contributed by atoms with van der Waals surface area (Å²) in [5.74, 6) is 0. The van der Waals surface area contributed by atoms with E-state index in [9.17, 15) is 0 Å². The molecule has 0 N–H and O–H groups in total. The molecule has 0 atom stereocenters. The Hall–Kier alpha value is -3.87. The Morgan fingerprint density at radius 3 is 1.52 bits per heavy atom. The first-order valence-corrected chi connectivity index (χ1v) is 16.2. The van der Waals surface area contributed by atoms with Gasteiger partial charge in [-0.25, -0.2) is 12.2 Å². The quantitative estimate of drug-likeness (QED) is 0.236. The summed E-state index contributed by atoms with van der Waals surface area (Å²) in [6.07, 6.45) is 11.0. The van der Waals surface area contributed by atoms with Gasteiger partial charge in [0.2, 0.25) is 0 Å². The molecular formula is C43H32Cl2Zr-2. The number of rotatable bonds is 4. The number of hydrogen-bond acceptors (Lipinski definition) is 0. The molecule has 2 aliphatic carbocycles. The van der Waals surface area contributed by atoms with Gasteiger partial charge in [0.1, 0.15) is 0 Å². The Balaban J connectivity index is 0.000000199. The van der Waals surface area contributed by atoms with Crippen LogP contribution >= 0.6 is 0 Å². The first kappa shape index (κ1) is 35.0. The van der Waals surface area contributed by atoms with Crippen LogP contribution in [-0.4, -0.2) is 3.21 Å². The Kier molecular flexibility index (Phi) is 13.5. The molecule has 0 saturated heterocycles. The average Bonchev–Trinajstić information content (AvgIpc) is 3.82. The van der Waals surface area contributed by atoms with Crippen molar-refractivity contribution in [1.82, 2.24) is 0 Å². The summed E-state index contributed by atoms with van der Waals surface area (Å²) in [6, 6.07) is 57.0. The molecule has 3 heteroatoms. The van der Waals surface area contributed by atoms with Crippen molar-refractivity contribution >= 4 is 3.21 Å². The summed E-state index contributed by atoms with van der Waals surface area (Å²) in [5, 5.41) is 0. The standard InChI is InChI=1S/C25H18.C13H9.C5H5.2ClH.Zr/c1-3-7-22(8-4-1)24-15-11-20(12-16-24)19-21-13-17-25(18-14-21)23-9-5-2-6-10-23;1-3-7-12-10(5-1)9-11-6-2-4-8-13(11)12;1-2-4-5-3-1;;;/h1-18H;1-5,7-8H,9H2;1-3H,4H2;2*1H;/q;2*-1;;;+2/p-2. The van der Waals surface area contributed by atoms with E-state index in [0.29, 0.717) is 0 Å². The van der Waals surface area contributed by atoms with Crippen LogP contribution in [0.2, 0.25) is 0 Å². The van der Waals surface area contributed by atoms with Gasteiger partial charge in [-0.05, 0) is 6.42 Å². The fraction of sp³-hybridized carbons (Fsp3) is 0.0465. The molecule has 6 aromatic rings. The van der Waals surface area contributed by atoms with Crippen molar-refractivity contribution < 1.29 is 49.0 Å². The van der Waals surface area contributed by atoms with Crippen LogP contribution in [0.1, 0.15) is 28.7 Å². The monoisotopic (exact) mass is 708 g/mol. The summed E-state index contributed by atoms with van der Waals surface area (Å²) >= 11 is 1.43. The summed E-state index contributed by atoms with van der Waals surface area (Å²) in [7, 11) is 0. The van der Waals surface area contributed by atoms with Crippen molar-refractivity contribution in [1.29, 1.82) is 0 Å². The molecule has 0 fully saturated rings. The van der Waals surface area contributed by atoms with Crippen molar-refractivity contribution in [2.75, 3.05) is 0 Å². The summed E-state index contributed by atoms with van der Waals surface area (Å²) < 4.78 is 1.39. The smallest absolute Gasteiger partial charge is 0.0253 e. The zero-order valence-corrected chi connectivity index (χ0v) is 29.3. The Labute approximate surface area is 300 Å². The first-order chi connectivity index (χ1) is 21.8. The van der Waals surface area contributed by atoms with Crippen LogP contribution in [-0.2, 0) is 30.7 Å². The molecule has 0 spiro atoms. The van der Waals surface area contributed by atoms with Gasteiger partial charge in [-0.1, -0.05) is 35.4 Å². The van der Waals surface area contributed by atoms with Gasteiger partial charge in [-0.2, -0.15) is 35.9 Å². The van der Waals surface area contributed by atoms with E-state index in [0.717, 1.165) is 12.8 Å². The number of halogens is 2. The molecule has 0 amide bonds. The zero-order chi connectivity index (χ0) is 30.0. The van der Waals surface area contributed by atoms with E-state index in [4.69, 9.17) is 0 Å². The summed E-state index contributed by atoms with van der Waals surface area (Å²) in [6.45, 7) is 0. The van der Waals surface area contributed by atoms with Crippen LogP contribution in [0.15, 0.2) is 170 Å². The molecular weight excluding hydrogens is 679 g/mol. The van der Waals surface area contributed by atoms with Crippen LogP contribution in [0.3, 0.4) is 0 Å². The van der Waals surface area contributed by atoms with Crippen LogP contribution in [0.25, 0.3) is 33.4 Å². The van der Waals surface area contributed by atoms with Gasteiger partial charge in [0.15, 0.2) is 0 Å². The number of fused-ring (bicyclic) bond motifs is 3. The van der Waals surface area contributed by atoms with Crippen LogP contribution in [0.4, 0.5) is 0 Å². The summed E-state index contributed by atoms with van der Waals surface area (Å²) in [5.41, 5.74) is 13.2. The Morgan fingerprint density at radius 1 is 0.522 bits per heavy atom. The second kappa shape index (κ2) is 17.7. The minimum Gasteiger partial charge on any atom is -0.179 e. The third-order valence-corrected chi connectivity index (χ3v) is 9.18. The fourth-order valence-corrected chi connectivity index (χ4v) is 6.24. The maximum atomic E-state index is 3.30. The first-order valence-electron chi connectivity index (χ1n) is 15.0. The molecule has 0 radical (unpaired) electrons. The van der Waals surface area contributed by atoms with Gasteiger partial charge in [-0.15, -0.1) is 12.0 Å². The molecule has 2 aliphatic rings. The maximum Gasteiger partial charge on any atom is -0.0253 e. The molecule has 224 valence electrons. The SMILES string of the molecule is [C-]1=CC=CC1.[Cl-].[Cl-].[Zr+2]=[C](c1ccc(-c2ccccc2)cc1)c1ccc(-c2ccccc2)cc1.[c-]1cccc2c1Cc1ccccc1-2. The van der Waals surface area contributed by atoms with Crippen molar-refractivity contribution in [3.8, 4) is 33.4 Å². The van der Waals surface area contributed by atoms with Crippen molar-refractivity contribution in [2.45, 2.75) is 12.8 Å². The van der Waals surface area contributed by atoms with E-state index >= 15 is 0 Å². The molecule has 6 aromatic carbocycles.